The van der Waals surface area contributed by atoms with Crippen LogP contribution in [0.3, 0.4) is 0 Å². The van der Waals surface area contributed by atoms with Crippen LogP contribution in [0.15, 0.2) is 39.6 Å². The van der Waals surface area contributed by atoms with E-state index in [1.807, 2.05) is 6.92 Å². The Morgan fingerprint density at radius 2 is 2.00 bits per heavy atom. The molecule has 0 spiro atoms. The molecule has 32 heavy (non-hydrogen) atoms. The fourth-order valence-corrected chi connectivity index (χ4v) is 7.11. The third kappa shape index (κ3) is 5.60. The van der Waals surface area contributed by atoms with Crippen LogP contribution in [0.25, 0.3) is 0 Å². The number of nitrogens with one attached hydrogen (secondary N) is 1. The van der Waals surface area contributed by atoms with E-state index in [1.165, 1.54) is 27.4 Å². The van der Waals surface area contributed by atoms with Gasteiger partial charge in [0.05, 0.1) is 16.2 Å². The lowest BCUT2D eigenvalue weighted by molar-refractivity contribution is -0.131. The minimum absolute atomic E-state index is 0.0178. The smallest absolute Gasteiger partial charge is 0.243 e. The summed E-state index contributed by atoms with van der Waals surface area (Å²) in [6, 6.07) is 8.40. The van der Waals surface area contributed by atoms with Gasteiger partial charge in [0.1, 0.15) is 0 Å². The third-order valence-electron chi connectivity index (χ3n) is 5.47. The van der Waals surface area contributed by atoms with Crippen molar-refractivity contribution in [2.24, 2.45) is 0 Å². The molecular weight excluding hydrogens is 470 g/mol. The van der Waals surface area contributed by atoms with Gasteiger partial charge >= 0.3 is 0 Å². The molecule has 0 radical (unpaired) electrons. The molecule has 3 heterocycles. The molecule has 0 saturated carbocycles. The summed E-state index contributed by atoms with van der Waals surface area (Å²) in [6.07, 6.45) is 2.37. The van der Waals surface area contributed by atoms with E-state index >= 15 is 0 Å². The molecule has 0 aliphatic carbocycles. The van der Waals surface area contributed by atoms with Gasteiger partial charge in [0, 0.05) is 39.3 Å². The zero-order valence-corrected chi connectivity index (χ0v) is 20.3. The van der Waals surface area contributed by atoms with Crippen molar-refractivity contribution in [2.45, 2.75) is 40.4 Å². The minimum atomic E-state index is -3.53. The summed E-state index contributed by atoms with van der Waals surface area (Å²) in [5, 5.41) is 12.0. The van der Waals surface area contributed by atoms with Gasteiger partial charge in [-0.3, -0.25) is 4.79 Å². The van der Waals surface area contributed by atoms with E-state index in [0.29, 0.717) is 19.6 Å². The molecule has 1 amide bonds. The van der Waals surface area contributed by atoms with Crippen LogP contribution in [0, 0.1) is 0 Å². The molecule has 2 saturated heterocycles. The third-order valence-corrected chi connectivity index (χ3v) is 9.43. The van der Waals surface area contributed by atoms with Gasteiger partial charge in [-0.05, 0) is 31.9 Å². The number of piperazine rings is 1. The Morgan fingerprint density at radius 1 is 1.25 bits per heavy atom. The van der Waals surface area contributed by atoms with Crippen molar-refractivity contribution in [3.63, 3.8) is 0 Å². The van der Waals surface area contributed by atoms with Crippen LogP contribution in [0.5, 0.6) is 0 Å². The molecule has 0 unspecified atom stereocenters. The lowest BCUT2D eigenvalue weighted by Crippen LogP contribution is -2.52. The highest BCUT2D eigenvalue weighted by molar-refractivity contribution is 8.02. The van der Waals surface area contributed by atoms with Gasteiger partial charge in [-0.15, -0.1) is 10.2 Å². The van der Waals surface area contributed by atoms with Crippen molar-refractivity contribution < 1.29 is 17.9 Å². The first kappa shape index (κ1) is 23.4. The van der Waals surface area contributed by atoms with Gasteiger partial charge in [0.25, 0.3) is 0 Å². The highest BCUT2D eigenvalue weighted by Gasteiger charge is 2.32. The van der Waals surface area contributed by atoms with E-state index in [9.17, 15) is 13.2 Å². The summed E-state index contributed by atoms with van der Waals surface area (Å²) >= 11 is 2.80. The monoisotopic (exact) mass is 497 g/mol. The van der Waals surface area contributed by atoms with E-state index in [1.54, 1.807) is 35.2 Å². The van der Waals surface area contributed by atoms with Gasteiger partial charge in [-0.1, -0.05) is 41.3 Å². The number of sulfonamides is 1. The van der Waals surface area contributed by atoms with E-state index in [2.05, 4.69) is 15.5 Å². The summed E-state index contributed by atoms with van der Waals surface area (Å²) in [7, 11) is -3.53. The van der Waals surface area contributed by atoms with E-state index < -0.39 is 10.0 Å². The Balaban J connectivity index is 1.26. The highest BCUT2D eigenvalue weighted by atomic mass is 32.2. The quantitative estimate of drug-likeness (QED) is 0.553. The molecule has 1 aromatic carbocycles. The maximum atomic E-state index is 12.9. The lowest BCUT2D eigenvalue weighted by atomic mass is 10.2. The normalized spacial score (nSPS) is 20.9. The zero-order valence-electron chi connectivity index (χ0n) is 17.8. The Labute approximate surface area is 196 Å². The van der Waals surface area contributed by atoms with Crippen LogP contribution < -0.4 is 5.32 Å². The first-order valence-corrected chi connectivity index (χ1v) is 13.8. The minimum Gasteiger partial charge on any atom is -0.376 e. The lowest BCUT2D eigenvalue weighted by Gasteiger charge is -2.35. The Kier molecular flexibility index (Phi) is 7.66. The van der Waals surface area contributed by atoms with Crippen molar-refractivity contribution in [3.05, 3.63) is 30.3 Å². The molecule has 2 aliphatic rings. The van der Waals surface area contributed by atoms with Crippen molar-refractivity contribution in [1.82, 2.24) is 19.4 Å². The molecule has 2 aromatic rings. The van der Waals surface area contributed by atoms with Crippen molar-refractivity contribution >= 4 is 44.2 Å². The summed E-state index contributed by atoms with van der Waals surface area (Å²) < 4.78 is 33.3. The number of carbonyl (C=O) groups excluding carboxylic acids is 1. The number of benzene rings is 1. The highest BCUT2D eigenvalue weighted by Crippen LogP contribution is 2.30. The maximum absolute atomic E-state index is 12.9. The van der Waals surface area contributed by atoms with Crippen LogP contribution in [0.2, 0.25) is 0 Å². The molecule has 4 rings (SSSR count). The van der Waals surface area contributed by atoms with Crippen molar-refractivity contribution in [3.8, 4) is 0 Å². The summed E-state index contributed by atoms with van der Waals surface area (Å²) in [5.74, 6) is -0.0178. The average Bonchev–Trinajstić information content (AvgIpc) is 3.50. The van der Waals surface area contributed by atoms with Crippen LogP contribution in [0.1, 0.15) is 19.8 Å². The maximum Gasteiger partial charge on any atom is 0.243 e. The average molecular weight is 498 g/mol. The van der Waals surface area contributed by atoms with Crippen molar-refractivity contribution in [2.75, 3.05) is 44.6 Å². The number of carbonyl (C=O) groups is 1. The molecule has 2 aliphatic heterocycles. The SMILES string of the molecule is C[C@H](Sc1nnc(NC[C@H]2CCCO2)s1)C(=O)N1CCN(S(=O)(=O)c2ccccc2)CC1. The van der Waals surface area contributed by atoms with Gasteiger partial charge in [-0.2, -0.15) is 4.31 Å². The summed E-state index contributed by atoms with van der Waals surface area (Å²) in [4.78, 5) is 14.9. The van der Waals surface area contributed by atoms with Gasteiger partial charge in [-0.25, -0.2) is 8.42 Å². The molecule has 12 heteroatoms. The molecular formula is C20H27N5O4S3. The number of thioether (sulfide) groups is 1. The van der Waals surface area contributed by atoms with Crippen LogP contribution >= 0.6 is 23.1 Å². The molecule has 9 nitrogen and oxygen atoms in total. The Bertz CT molecular complexity index is 1000. The van der Waals surface area contributed by atoms with Gasteiger partial charge < -0.3 is 15.0 Å². The van der Waals surface area contributed by atoms with E-state index in [0.717, 1.165) is 28.9 Å². The predicted octanol–water partition coefficient (Wildman–Crippen LogP) is 2.14. The number of hydrogen-bond donors (Lipinski definition) is 1. The van der Waals surface area contributed by atoms with Gasteiger partial charge in [0.15, 0.2) is 4.34 Å². The predicted molar refractivity (Wildman–Crippen MR) is 124 cm³/mol. The zero-order chi connectivity index (χ0) is 22.6. The molecule has 1 N–H and O–H groups in total. The second-order valence-electron chi connectivity index (χ2n) is 7.69. The number of amides is 1. The number of anilines is 1. The first-order chi connectivity index (χ1) is 15.4. The molecule has 2 atom stereocenters. The van der Waals surface area contributed by atoms with E-state index in [4.69, 9.17) is 4.74 Å². The van der Waals surface area contributed by atoms with Crippen LogP contribution in [-0.4, -0.2) is 84.4 Å². The number of ether oxygens (including phenoxy) is 1. The number of hydrogen-bond acceptors (Lipinski definition) is 9. The van der Waals surface area contributed by atoms with Crippen LogP contribution in [-0.2, 0) is 19.6 Å². The fraction of sp³-hybridized carbons (Fsp3) is 0.550. The topological polar surface area (TPSA) is 105 Å². The number of nitrogens with zero attached hydrogens (tertiary/aromatic N) is 4. The second-order valence-corrected chi connectivity index (χ2v) is 12.2. The van der Waals surface area contributed by atoms with Crippen molar-refractivity contribution in [1.29, 1.82) is 0 Å². The standard InChI is InChI=1S/C20H27N5O4S3/c1-15(30-20-23-22-19(31-20)21-14-16-6-5-13-29-16)18(26)24-9-11-25(12-10-24)32(27,28)17-7-3-2-4-8-17/h2-4,7-8,15-16H,5-6,9-14H2,1H3,(H,21,22)/t15-,16+/m0/s1. The second kappa shape index (κ2) is 10.5. The Hall–Kier alpha value is -1.73. The largest absolute Gasteiger partial charge is 0.376 e. The van der Waals surface area contributed by atoms with Gasteiger partial charge in [0.2, 0.25) is 21.1 Å². The molecule has 2 fully saturated rings. The molecule has 174 valence electrons. The Morgan fingerprint density at radius 3 is 2.69 bits per heavy atom. The van der Waals surface area contributed by atoms with E-state index in [-0.39, 0.29) is 35.2 Å². The first-order valence-electron chi connectivity index (χ1n) is 10.6. The number of aromatic nitrogens is 2. The summed E-state index contributed by atoms with van der Waals surface area (Å²) in [5.41, 5.74) is 0. The molecule has 1 aromatic heterocycles. The summed E-state index contributed by atoms with van der Waals surface area (Å²) in [6.45, 7) is 4.70. The molecule has 0 bridgehead atoms. The fourth-order valence-electron chi connectivity index (χ4n) is 3.68. The van der Waals surface area contributed by atoms with Crippen LogP contribution in [0.4, 0.5) is 5.13 Å². The number of rotatable bonds is 8.